The molecule has 1 atom stereocenters. The van der Waals surface area contributed by atoms with E-state index in [0.29, 0.717) is 6.04 Å². The summed E-state index contributed by atoms with van der Waals surface area (Å²) in [6.45, 7) is 6.46. The van der Waals surface area contributed by atoms with Gasteiger partial charge in [-0.1, -0.05) is 6.92 Å². The van der Waals surface area contributed by atoms with Crippen LogP contribution in [0.2, 0.25) is 0 Å². The molecule has 0 aliphatic carbocycles. The summed E-state index contributed by atoms with van der Waals surface area (Å²) in [4.78, 5) is 2.39. The number of ether oxygens (including phenoxy) is 2. The smallest absolute Gasteiger partial charge is 0.0618 e. The molecule has 15 heavy (non-hydrogen) atoms. The van der Waals surface area contributed by atoms with Crippen LogP contribution in [-0.4, -0.2) is 58.0 Å². The first kappa shape index (κ1) is 14.8. The highest BCUT2D eigenvalue weighted by atomic mass is 16.5. The summed E-state index contributed by atoms with van der Waals surface area (Å²) in [5.41, 5.74) is 5.53. The first-order chi connectivity index (χ1) is 7.29. The molecule has 92 valence electrons. The lowest BCUT2D eigenvalue weighted by atomic mass is 10.1. The zero-order chi connectivity index (χ0) is 11.5. The lowest BCUT2D eigenvalue weighted by Crippen LogP contribution is -2.40. The van der Waals surface area contributed by atoms with Gasteiger partial charge in [0.2, 0.25) is 0 Å². The van der Waals surface area contributed by atoms with E-state index in [4.69, 9.17) is 15.2 Å². The van der Waals surface area contributed by atoms with E-state index >= 15 is 0 Å². The second-order valence-corrected chi connectivity index (χ2v) is 3.66. The van der Waals surface area contributed by atoms with Crippen LogP contribution in [0.4, 0.5) is 0 Å². The van der Waals surface area contributed by atoms with E-state index in [9.17, 15) is 0 Å². The van der Waals surface area contributed by atoms with Crippen LogP contribution in [0.5, 0.6) is 0 Å². The fourth-order valence-electron chi connectivity index (χ4n) is 1.72. The third kappa shape index (κ3) is 6.84. The summed E-state index contributed by atoms with van der Waals surface area (Å²) >= 11 is 0. The first-order valence-electron chi connectivity index (χ1n) is 5.72. The van der Waals surface area contributed by atoms with E-state index in [-0.39, 0.29) is 0 Å². The molecule has 0 fully saturated rings. The van der Waals surface area contributed by atoms with Crippen LogP contribution in [0.25, 0.3) is 0 Å². The van der Waals surface area contributed by atoms with Crippen molar-refractivity contribution in [2.24, 2.45) is 5.73 Å². The first-order valence-corrected chi connectivity index (χ1v) is 5.72. The second kappa shape index (κ2) is 10.4. The summed E-state index contributed by atoms with van der Waals surface area (Å²) < 4.78 is 10.3. The number of hydrogen-bond donors (Lipinski definition) is 1. The normalized spacial score (nSPS) is 13.4. The Balaban J connectivity index is 4.00. The van der Waals surface area contributed by atoms with Crippen molar-refractivity contribution in [2.45, 2.75) is 25.8 Å². The molecular weight excluding hydrogens is 192 g/mol. The van der Waals surface area contributed by atoms with E-state index in [2.05, 4.69) is 11.8 Å². The van der Waals surface area contributed by atoms with Gasteiger partial charge in [-0.05, 0) is 25.9 Å². The monoisotopic (exact) mass is 218 g/mol. The molecule has 0 amide bonds. The minimum Gasteiger partial charge on any atom is -0.383 e. The SMILES string of the molecule is CCN(CCOC)C(CCCN)COC. The quantitative estimate of drug-likeness (QED) is 0.586. The zero-order valence-corrected chi connectivity index (χ0v) is 10.4. The van der Waals surface area contributed by atoms with Gasteiger partial charge in [0.1, 0.15) is 0 Å². The Labute approximate surface area is 93.7 Å². The molecule has 1 unspecified atom stereocenters. The molecule has 0 heterocycles. The van der Waals surface area contributed by atoms with Crippen LogP contribution in [0.15, 0.2) is 0 Å². The van der Waals surface area contributed by atoms with Crippen LogP contribution in [0, 0.1) is 0 Å². The summed E-state index contributed by atoms with van der Waals surface area (Å²) in [7, 11) is 3.48. The molecule has 0 aliphatic heterocycles. The molecular formula is C11H26N2O2. The number of nitrogens with two attached hydrogens (primary N) is 1. The maximum absolute atomic E-state index is 5.53. The lowest BCUT2D eigenvalue weighted by Gasteiger charge is -2.30. The van der Waals surface area contributed by atoms with E-state index in [1.807, 2.05) is 0 Å². The minimum atomic E-state index is 0.471. The van der Waals surface area contributed by atoms with Gasteiger partial charge < -0.3 is 15.2 Å². The van der Waals surface area contributed by atoms with Crippen molar-refractivity contribution < 1.29 is 9.47 Å². The Kier molecular flexibility index (Phi) is 10.3. The third-order valence-corrected chi connectivity index (χ3v) is 2.61. The molecule has 2 N–H and O–H groups in total. The van der Waals surface area contributed by atoms with Crippen molar-refractivity contribution in [3.63, 3.8) is 0 Å². The summed E-state index contributed by atoms with van der Waals surface area (Å²) in [6.07, 6.45) is 2.15. The molecule has 0 bridgehead atoms. The van der Waals surface area contributed by atoms with Gasteiger partial charge in [-0.25, -0.2) is 0 Å². The average molecular weight is 218 g/mol. The molecule has 0 aromatic rings. The summed E-state index contributed by atoms with van der Waals surface area (Å²) in [5, 5.41) is 0. The van der Waals surface area contributed by atoms with Crippen LogP contribution < -0.4 is 5.73 Å². The molecule has 4 heteroatoms. The van der Waals surface area contributed by atoms with E-state index < -0.39 is 0 Å². The lowest BCUT2D eigenvalue weighted by molar-refractivity contribution is 0.0659. The highest BCUT2D eigenvalue weighted by Gasteiger charge is 2.15. The van der Waals surface area contributed by atoms with Gasteiger partial charge in [-0.3, -0.25) is 4.90 Å². The Bertz CT molecular complexity index is 134. The maximum Gasteiger partial charge on any atom is 0.0618 e. The largest absolute Gasteiger partial charge is 0.383 e. The van der Waals surface area contributed by atoms with Gasteiger partial charge in [0, 0.05) is 26.8 Å². The standard InChI is InChI=1S/C11H26N2O2/c1-4-13(8-9-14-2)11(10-15-3)6-5-7-12/h11H,4-10,12H2,1-3H3. The maximum atomic E-state index is 5.53. The topological polar surface area (TPSA) is 47.7 Å². The number of likely N-dealkylation sites (N-methyl/N-ethyl adjacent to an activating group) is 1. The predicted octanol–water partition coefficient (Wildman–Crippen LogP) is 0.709. The number of hydrogen-bond acceptors (Lipinski definition) is 4. The molecule has 0 aromatic heterocycles. The van der Waals surface area contributed by atoms with Crippen LogP contribution in [-0.2, 0) is 9.47 Å². The Morgan fingerprint density at radius 2 is 2.00 bits per heavy atom. The Morgan fingerprint density at radius 3 is 2.47 bits per heavy atom. The number of methoxy groups -OCH3 is 2. The van der Waals surface area contributed by atoms with Crippen LogP contribution in [0.1, 0.15) is 19.8 Å². The zero-order valence-electron chi connectivity index (χ0n) is 10.4. The highest BCUT2D eigenvalue weighted by Crippen LogP contribution is 2.07. The van der Waals surface area contributed by atoms with Crippen molar-refractivity contribution in [1.82, 2.24) is 4.90 Å². The molecule has 0 spiro atoms. The predicted molar refractivity (Wildman–Crippen MR) is 63.1 cm³/mol. The number of rotatable bonds is 10. The Morgan fingerprint density at radius 1 is 1.27 bits per heavy atom. The van der Waals surface area contributed by atoms with Gasteiger partial charge >= 0.3 is 0 Å². The molecule has 0 radical (unpaired) electrons. The fourth-order valence-corrected chi connectivity index (χ4v) is 1.72. The average Bonchev–Trinajstić information content (AvgIpc) is 2.26. The molecule has 0 aliphatic rings. The fraction of sp³-hybridized carbons (Fsp3) is 1.00. The van der Waals surface area contributed by atoms with Crippen molar-refractivity contribution in [3.8, 4) is 0 Å². The third-order valence-electron chi connectivity index (χ3n) is 2.61. The van der Waals surface area contributed by atoms with Crippen molar-refractivity contribution in [3.05, 3.63) is 0 Å². The number of nitrogens with zero attached hydrogens (tertiary/aromatic N) is 1. The van der Waals surface area contributed by atoms with Gasteiger partial charge in [0.15, 0.2) is 0 Å². The second-order valence-electron chi connectivity index (χ2n) is 3.66. The van der Waals surface area contributed by atoms with E-state index in [0.717, 1.165) is 45.7 Å². The van der Waals surface area contributed by atoms with E-state index in [1.165, 1.54) is 0 Å². The van der Waals surface area contributed by atoms with Crippen LogP contribution in [0.3, 0.4) is 0 Å². The molecule has 0 aromatic carbocycles. The molecule has 0 saturated heterocycles. The molecule has 0 rings (SSSR count). The molecule has 0 saturated carbocycles. The van der Waals surface area contributed by atoms with Gasteiger partial charge in [-0.2, -0.15) is 0 Å². The minimum absolute atomic E-state index is 0.471. The molecule has 4 nitrogen and oxygen atoms in total. The van der Waals surface area contributed by atoms with Gasteiger partial charge in [0.05, 0.1) is 13.2 Å². The highest BCUT2D eigenvalue weighted by molar-refractivity contribution is 4.70. The van der Waals surface area contributed by atoms with E-state index in [1.54, 1.807) is 14.2 Å². The van der Waals surface area contributed by atoms with Crippen molar-refractivity contribution in [2.75, 3.05) is 47.1 Å². The van der Waals surface area contributed by atoms with Crippen LogP contribution >= 0.6 is 0 Å². The summed E-state index contributed by atoms with van der Waals surface area (Å²) in [5.74, 6) is 0. The van der Waals surface area contributed by atoms with Crippen molar-refractivity contribution in [1.29, 1.82) is 0 Å². The van der Waals surface area contributed by atoms with Gasteiger partial charge in [-0.15, -0.1) is 0 Å². The Hall–Kier alpha value is -0.160. The van der Waals surface area contributed by atoms with Crippen molar-refractivity contribution >= 4 is 0 Å². The van der Waals surface area contributed by atoms with Gasteiger partial charge in [0.25, 0.3) is 0 Å². The summed E-state index contributed by atoms with van der Waals surface area (Å²) in [6, 6.07) is 0.471.